The molecular formula is C17H26N4O2. The molecule has 1 fully saturated rings. The van der Waals surface area contributed by atoms with Crippen LogP contribution in [-0.2, 0) is 9.59 Å². The molecule has 3 N–H and O–H groups in total. The second kappa shape index (κ2) is 8.64. The Morgan fingerprint density at radius 3 is 2.39 bits per heavy atom. The quantitative estimate of drug-likeness (QED) is 0.743. The average Bonchev–Trinajstić information content (AvgIpc) is 2.55. The first-order valence-corrected chi connectivity index (χ1v) is 8.11. The molecule has 1 saturated heterocycles. The lowest BCUT2D eigenvalue weighted by Crippen LogP contribution is -2.37. The zero-order valence-corrected chi connectivity index (χ0v) is 13.9. The largest absolute Gasteiger partial charge is 0.326 e. The van der Waals surface area contributed by atoms with Gasteiger partial charge >= 0.3 is 0 Å². The average molecular weight is 318 g/mol. The van der Waals surface area contributed by atoms with Gasteiger partial charge in [-0.25, -0.2) is 0 Å². The van der Waals surface area contributed by atoms with Gasteiger partial charge < -0.3 is 20.9 Å². The summed E-state index contributed by atoms with van der Waals surface area (Å²) in [5.41, 5.74) is 1.50. The maximum absolute atomic E-state index is 12.2. The fourth-order valence-electron chi connectivity index (χ4n) is 2.51. The van der Waals surface area contributed by atoms with Gasteiger partial charge in [0.15, 0.2) is 0 Å². The summed E-state index contributed by atoms with van der Waals surface area (Å²) in [6.45, 7) is 2.45. The Morgan fingerprint density at radius 2 is 1.83 bits per heavy atom. The van der Waals surface area contributed by atoms with E-state index in [1.54, 1.807) is 0 Å². The lowest BCUT2D eigenvalue weighted by molar-refractivity contribution is -0.120. The van der Waals surface area contributed by atoms with Crippen LogP contribution in [0.5, 0.6) is 0 Å². The molecule has 1 atom stereocenters. The fraction of sp³-hybridized carbons (Fsp3) is 0.529. The third-order valence-electron chi connectivity index (χ3n) is 3.89. The zero-order chi connectivity index (χ0) is 16.7. The van der Waals surface area contributed by atoms with Gasteiger partial charge in [-0.1, -0.05) is 0 Å². The van der Waals surface area contributed by atoms with Crippen LogP contribution in [0.1, 0.15) is 19.3 Å². The molecule has 1 aliphatic heterocycles. The van der Waals surface area contributed by atoms with Crippen LogP contribution in [0.15, 0.2) is 24.3 Å². The van der Waals surface area contributed by atoms with Crippen molar-refractivity contribution in [3.63, 3.8) is 0 Å². The lowest BCUT2D eigenvalue weighted by Gasteiger charge is -2.21. The van der Waals surface area contributed by atoms with E-state index < -0.39 is 0 Å². The molecule has 23 heavy (non-hydrogen) atoms. The van der Waals surface area contributed by atoms with Crippen molar-refractivity contribution < 1.29 is 9.59 Å². The molecule has 126 valence electrons. The summed E-state index contributed by atoms with van der Waals surface area (Å²) in [6, 6.07) is 7.25. The molecule has 0 aromatic heterocycles. The first-order valence-electron chi connectivity index (χ1n) is 8.11. The van der Waals surface area contributed by atoms with Crippen LogP contribution in [0.2, 0.25) is 0 Å². The summed E-state index contributed by atoms with van der Waals surface area (Å²) < 4.78 is 0. The van der Waals surface area contributed by atoms with E-state index in [2.05, 4.69) is 16.0 Å². The molecule has 1 aliphatic rings. The minimum absolute atomic E-state index is 0.0104. The number of benzene rings is 1. The number of carbonyl (C=O) groups excluding carboxylic acids is 2. The second-order valence-electron chi connectivity index (χ2n) is 6.21. The van der Waals surface area contributed by atoms with E-state index in [0.29, 0.717) is 6.42 Å². The molecule has 0 saturated carbocycles. The van der Waals surface area contributed by atoms with Crippen LogP contribution in [0.3, 0.4) is 0 Å². The van der Waals surface area contributed by atoms with Crippen LogP contribution < -0.4 is 16.0 Å². The predicted octanol–water partition coefficient (Wildman–Crippen LogP) is 1.51. The van der Waals surface area contributed by atoms with Crippen LogP contribution in [0, 0.1) is 5.92 Å². The van der Waals surface area contributed by atoms with Crippen LogP contribution >= 0.6 is 0 Å². The van der Waals surface area contributed by atoms with Gasteiger partial charge in [-0.05, 0) is 57.7 Å². The molecule has 1 unspecified atom stereocenters. The van der Waals surface area contributed by atoms with Crippen LogP contribution in [0.25, 0.3) is 0 Å². The Kier molecular flexibility index (Phi) is 6.55. The number of nitrogens with one attached hydrogen (secondary N) is 3. The molecular weight excluding hydrogens is 292 g/mol. The summed E-state index contributed by atoms with van der Waals surface area (Å²) in [4.78, 5) is 25.9. The third-order valence-corrected chi connectivity index (χ3v) is 3.89. The number of amides is 2. The van der Waals surface area contributed by atoms with E-state index in [1.807, 2.05) is 43.3 Å². The van der Waals surface area contributed by atoms with E-state index in [1.165, 1.54) is 0 Å². The molecule has 2 amide bonds. The van der Waals surface area contributed by atoms with Crippen molar-refractivity contribution in [3.8, 4) is 0 Å². The van der Waals surface area contributed by atoms with Crippen molar-refractivity contribution in [1.82, 2.24) is 10.2 Å². The van der Waals surface area contributed by atoms with Crippen molar-refractivity contribution in [2.75, 3.05) is 44.4 Å². The highest BCUT2D eigenvalue weighted by Gasteiger charge is 2.20. The van der Waals surface area contributed by atoms with Gasteiger partial charge in [0.1, 0.15) is 0 Å². The van der Waals surface area contributed by atoms with Gasteiger partial charge in [-0.3, -0.25) is 9.59 Å². The summed E-state index contributed by atoms with van der Waals surface area (Å²) in [7, 11) is 3.87. The van der Waals surface area contributed by atoms with Crippen molar-refractivity contribution in [2.24, 2.45) is 5.92 Å². The Bertz CT molecular complexity index is 522. The molecule has 0 spiro atoms. The van der Waals surface area contributed by atoms with E-state index in [0.717, 1.165) is 43.9 Å². The van der Waals surface area contributed by atoms with Crippen molar-refractivity contribution in [2.45, 2.75) is 19.3 Å². The van der Waals surface area contributed by atoms with E-state index in [4.69, 9.17) is 0 Å². The third kappa shape index (κ3) is 6.00. The fourth-order valence-corrected chi connectivity index (χ4v) is 2.51. The number of nitrogens with zero attached hydrogens (tertiary/aromatic N) is 1. The molecule has 1 aromatic carbocycles. The summed E-state index contributed by atoms with van der Waals surface area (Å²) in [6.07, 6.45) is 2.43. The van der Waals surface area contributed by atoms with E-state index in [-0.39, 0.29) is 17.7 Å². The minimum Gasteiger partial charge on any atom is -0.326 e. The molecule has 6 nitrogen and oxygen atoms in total. The van der Waals surface area contributed by atoms with Crippen molar-refractivity contribution in [1.29, 1.82) is 0 Å². The number of piperidine rings is 1. The molecule has 1 aromatic rings. The Morgan fingerprint density at radius 1 is 1.17 bits per heavy atom. The first-order chi connectivity index (χ1) is 11.0. The molecule has 0 bridgehead atoms. The van der Waals surface area contributed by atoms with Crippen LogP contribution in [-0.4, -0.2) is 50.4 Å². The topological polar surface area (TPSA) is 73.5 Å². The number of hydrogen-bond donors (Lipinski definition) is 3. The minimum atomic E-state index is -0.0104. The van der Waals surface area contributed by atoms with Crippen molar-refractivity contribution in [3.05, 3.63) is 24.3 Å². The molecule has 2 rings (SSSR count). The predicted molar refractivity (Wildman–Crippen MR) is 92.5 cm³/mol. The van der Waals surface area contributed by atoms with Gasteiger partial charge in [0.05, 0.1) is 5.92 Å². The summed E-state index contributed by atoms with van der Waals surface area (Å²) >= 11 is 0. The number of hydrogen-bond acceptors (Lipinski definition) is 4. The monoisotopic (exact) mass is 318 g/mol. The Hall–Kier alpha value is -1.92. The molecule has 6 heteroatoms. The Labute approximate surface area is 137 Å². The first kappa shape index (κ1) is 17.4. The van der Waals surface area contributed by atoms with Crippen LogP contribution in [0.4, 0.5) is 11.4 Å². The maximum atomic E-state index is 12.2. The molecule has 1 heterocycles. The molecule has 0 radical (unpaired) electrons. The van der Waals surface area contributed by atoms with Gasteiger partial charge in [0.25, 0.3) is 0 Å². The zero-order valence-electron chi connectivity index (χ0n) is 13.9. The smallest absolute Gasteiger partial charge is 0.228 e. The summed E-state index contributed by atoms with van der Waals surface area (Å²) in [5.74, 6) is 0.0814. The molecule has 0 aliphatic carbocycles. The number of carbonyl (C=O) groups is 2. The van der Waals surface area contributed by atoms with Gasteiger partial charge in [-0.15, -0.1) is 0 Å². The normalized spacial score (nSPS) is 17.8. The highest BCUT2D eigenvalue weighted by Crippen LogP contribution is 2.17. The maximum Gasteiger partial charge on any atom is 0.228 e. The highest BCUT2D eigenvalue weighted by molar-refractivity contribution is 5.94. The van der Waals surface area contributed by atoms with Crippen molar-refractivity contribution >= 4 is 23.2 Å². The number of anilines is 2. The van der Waals surface area contributed by atoms with E-state index >= 15 is 0 Å². The van der Waals surface area contributed by atoms with Gasteiger partial charge in [0, 0.05) is 30.9 Å². The van der Waals surface area contributed by atoms with E-state index in [9.17, 15) is 9.59 Å². The standard InChI is InChI=1S/C17H26N4O2/c1-21(2)11-9-16(22)19-14-5-7-15(8-6-14)20-17(23)13-4-3-10-18-12-13/h5-8,13,18H,3-4,9-12H2,1-2H3,(H,19,22)(H,20,23). The lowest BCUT2D eigenvalue weighted by atomic mass is 9.99. The second-order valence-corrected chi connectivity index (χ2v) is 6.21. The van der Waals surface area contributed by atoms with Gasteiger partial charge in [-0.2, -0.15) is 0 Å². The highest BCUT2D eigenvalue weighted by atomic mass is 16.2. The van der Waals surface area contributed by atoms with Gasteiger partial charge in [0.2, 0.25) is 11.8 Å². The number of rotatable bonds is 6. The SMILES string of the molecule is CN(C)CCC(=O)Nc1ccc(NC(=O)C2CCCNC2)cc1. The Balaban J connectivity index is 1.81. The summed E-state index contributed by atoms with van der Waals surface area (Å²) in [5, 5.41) is 9.03.